The Labute approximate surface area is 186 Å². The van der Waals surface area contributed by atoms with Gasteiger partial charge in [0.15, 0.2) is 5.82 Å². The monoisotopic (exact) mass is 430 g/mol. The number of fused-ring (bicyclic) bond motifs is 5. The molecule has 1 N–H and O–H groups in total. The van der Waals surface area contributed by atoms with Gasteiger partial charge in [-0.3, -0.25) is 4.68 Å². The van der Waals surface area contributed by atoms with Gasteiger partial charge in [-0.2, -0.15) is 10.2 Å². The van der Waals surface area contributed by atoms with Crippen LogP contribution in [0.1, 0.15) is 45.3 Å². The molecule has 5 rings (SSSR count). The van der Waals surface area contributed by atoms with Crippen molar-refractivity contribution in [3.8, 4) is 17.3 Å². The summed E-state index contributed by atoms with van der Waals surface area (Å²) in [6, 6.07) is 3.98. The van der Waals surface area contributed by atoms with Crippen LogP contribution in [0.15, 0.2) is 36.8 Å². The minimum atomic E-state index is 0.129. The maximum atomic E-state index is 6.15. The number of hydrogen-bond donors (Lipinski definition) is 1. The standard InChI is InChI=1S/C23H26N8O/c1-5-6-14(2)21-16-12-25-20-11-18(16)31(29-21)15(3)8-10-32-23-17(13-26-30(23)4)22-24-9-7-19(27-20)28-22/h6-7,9,11-13,15H,5,8,10H2,1-4H3,(H,24,25,27,28)/b14-6+. The highest BCUT2D eigenvalue weighted by molar-refractivity contribution is 5.91. The number of nitrogens with one attached hydrogen (secondary N) is 1. The van der Waals surface area contributed by atoms with Gasteiger partial charge in [0.25, 0.3) is 0 Å². The molecule has 1 aliphatic heterocycles. The van der Waals surface area contributed by atoms with Crippen molar-refractivity contribution in [2.75, 3.05) is 11.9 Å². The largest absolute Gasteiger partial charge is 0.477 e. The Kier molecular flexibility index (Phi) is 5.08. The van der Waals surface area contributed by atoms with Crippen LogP contribution in [-0.2, 0) is 7.05 Å². The summed E-state index contributed by atoms with van der Waals surface area (Å²) >= 11 is 0. The minimum Gasteiger partial charge on any atom is -0.477 e. The second-order valence-electron chi connectivity index (χ2n) is 8.04. The zero-order valence-electron chi connectivity index (χ0n) is 18.7. The molecule has 4 bridgehead atoms. The van der Waals surface area contributed by atoms with Crippen LogP contribution in [-0.4, -0.2) is 41.1 Å². The highest BCUT2D eigenvalue weighted by Gasteiger charge is 2.20. The average molecular weight is 431 g/mol. The second kappa shape index (κ2) is 8.07. The Morgan fingerprint density at radius 3 is 3.00 bits per heavy atom. The van der Waals surface area contributed by atoms with Gasteiger partial charge in [0, 0.05) is 37.3 Å². The fourth-order valence-corrected chi connectivity index (χ4v) is 4.02. The van der Waals surface area contributed by atoms with E-state index in [-0.39, 0.29) is 6.04 Å². The summed E-state index contributed by atoms with van der Waals surface area (Å²) in [6.45, 7) is 6.91. The van der Waals surface area contributed by atoms with E-state index in [0.29, 0.717) is 29.9 Å². The number of ether oxygens (including phenoxy) is 1. The summed E-state index contributed by atoms with van der Waals surface area (Å²) in [5.74, 6) is 2.56. The number of hydrogen-bond acceptors (Lipinski definition) is 7. The topological polar surface area (TPSA) is 95.6 Å². The van der Waals surface area contributed by atoms with Crippen LogP contribution in [0.2, 0.25) is 0 Å². The summed E-state index contributed by atoms with van der Waals surface area (Å²) in [5, 5.41) is 13.7. The van der Waals surface area contributed by atoms with Crippen molar-refractivity contribution in [2.24, 2.45) is 7.05 Å². The van der Waals surface area contributed by atoms with E-state index in [9.17, 15) is 0 Å². The summed E-state index contributed by atoms with van der Waals surface area (Å²) in [4.78, 5) is 13.7. The Balaban J connectivity index is 1.66. The molecule has 0 fully saturated rings. The normalized spacial score (nSPS) is 16.4. The van der Waals surface area contributed by atoms with E-state index in [0.717, 1.165) is 40.6 Å². The third-order valence-corrected chi connectivity index (χ3v) is 5.70. The van der Waals surface area contributed by atoms with Gasteiger partial charge in [-0.05, 0) is 31.9 Å². The first kappa shape index (κ1) is 20.2. The predicted octanol–water partition coefficient (Wildman–Crippen LogP) is 4.52. The van der Waals surface area contributed by atoms with Crippen molar-refractivity contribution in [2.45, 2.75) is 39.7 Å². The van der Waals surface area contributed by atoms with E-state index in [1.54, 1.807) is 17.1 Å². The number of nitrogens with zero attached hydrogens (tertiary/aromatic N) is 7. The van der Waals surface area contributed by atoms with Crippen molar-refractivity contribution in [1.29, 1.82) is 0 Å². The second-order valence-corrected chi connectivity index (χ2v) is 8.04. The van der Waals surface area contributed by atoms with E-state index in [1.807, 2.05) is 25.4 Å². The van der Waals surface area contributed by atoms with Crippen LogP contribution in [0.4, 0.5) is 11.6 Å². The van der Waals surface area contributed by atoms with E-state index < -0.39 is 0 Å². The van der Waals surface area contributed by atoms with Crippen molar-refractivity contribution >= 4 is 28.1 Å². The van der Waals surface area contributed by atoms with Gasteiger partial charge in [0.1, 0.15) is 17.2 Å². The number of allylic oxidation sites excluding steroid dienone is 2. The molecule has 9 nitrogen and oxygen atoms in total. The van der Waals surface area contributed by atoms with E-state index >= 15 is 0 Å². The highest BCUT2D eigenvalue weighted by atomic mass is 16.5. The molecule has 0 spiro atoms. The smallest absolute Gasteiger partial charge is 0.222 e. The van der Waals surface area contributed by atoms with Gasteiger partial charge >= 0.3 is 0 Å². The van der Waals surface area contributed by atoms with Crippen molar-refractivity contribution in [3.05, 3.63) is 42.5 Å². The third kappa shape index (κ3) is 3.49. The van der Waals surface area contributed by atoms with Gasteiger partial charge in [-0.25, -0.2) is 19.6 Å². The van der Waals surface area contributed by atoms with Gasteiger partial charge in [-0.1, -0.05) is 13.0 Å². The SMILES string of the molecule is CC/C=C(\C)c1nn2c3cc(ncc13)Nc1ccnc(n1)-c1cnn(C)c1OCCC2C. The molecule has 0 aliphatic carbocycles. The lowest BCUT2D eigenvalue weighted by atomic mass is 10.1. The predicted molar refractivity (Wildman–Crippen MR) is 124 cm³/mol. The van der Waals surface area contributed by atoms with Crippen molar-refractivity contribution < 1.29 is 4.74 Å². The van der Waals surface area contributed by atoms with Crippen LogP contribution in [0.5, 0.6) is 5.88 Å². The molecule has 0 aromatic carbocycles. The van der Waals surface area contributed by atoms with Crippen LogP contribution in [0.25, 0.3) is 27.9 Å². The minimum absolute atomic E-state index is 0.129. The van der Waals surface area contributed by atoms with Gasteiger partial charge in [0.05, 0.1) is 30.1 Å². The Hall–Kier alpha value is -3.75. The van der Waals surface area contributed by atoms with Gasteiger partial charge in [-0.15, -0.1) is 0 Å². The molecule has 1 unspecified atom stereocenters. The molecule has 0 radical (unpaired) electrons. The number of aryl methyl sites for hydroxylation is 1. The van der Waals surface area contributed by atoms with Crippen LogP contribution < -0.4 is 10.1 Å². The number of anilines is 2. The van der Waals surface area contributed by atoms with Crippen molar-refractivity contribution in [3.63, 3.8) is 0 Å². The number of rotatable bonds is 2. The van der Waals surface area contributed by atoms with Gasteiger partial charge in [0.2, 0.25) is 5.88 Å². The Morgan fingerprint density at radius 2 is 2.16 bits per heavy atom. The van der Waals surface area contributed by atoms with Crippen LogP contribution in [0.3, 0.4) is 0 Å². The summed E-state index contributed by atoms with van der Waals surface area (Å²) < 4.78 is 9.94. The fourth-order valence-electron chi connectivity index (χ4n) is 4.02. The molecule has 1 aliphatic rings. The average Bonchev–Trinajstić information content (AvgIpc) is 3.34. The van der Waals surface area contributed by atoms with E-state index in [1.165, 1.54) is 0 Å². The Bertz CT molecular complexity index is 1320. The molecule has 4 aromatic rings. The quantitative estimate of drug-likeness (QED) is 0.499. The highest BCUT2D eigenvalue weighted by Crippen LogP contribution is 2.32. The molecular formula is C23H26N8O. The summed E-state index contributed by atoms with van der Waals surface area (Å²) in [7, 11) is 1.86. The molecule has 32 heavy (non-hydrogen) atoms. The number of aromatic nitrogens is 7. The molecule has 4 aromatic heterocycles. The molecule has 9 heteroatoms. The summed E-state index contributed by atoms with van der Waals surface area (Å²) in [5.41, 5.74) is 3.91. The third-order valence-electron chi connectivity index (χ3n) is 5.70. The first-order chi connectivity index (χ1) is 15.5. The van der Waals surface area contributed by atoms with Gasteiger partial charge < -0.3 is 10.1 Å². The molecule has 164 valence electrons. The lowest BCUT2D eigenvalue weighted by Crippen LogP contribution is -2.13. The van der Waals surface area contributed by atoms with E-state index in [2.05, 4.69) is 56.9 Å². The van der Waals surface area contributed by atoms with Crippen LogP contribution >= 0.6 is 0 Å². The molecule has 1 atom stereocenters. The number of pyridine rings is 1. The maximum absolute atomic E-state index is 6.15. The molecular weight excluding hydrogens is 404 g/mol. The first-order valence-corrected chi connectivity index (χ1v) is 10.9. The van der Waals surface area contributed by atoms with Crippen LogP contribution in [0, 0.1) is 0 Å². The van der Waals surface area contributed by atoms with E-state index in [4.69, 9.17) is 9.84 Å². The maximum Gasteiger partial charge on any atom is 0.222 e. The molecule has 0 saturated carbocycles. The lowest BCUT2D eigenvalue weighted by molar-refractivity contribution is 0.260. The summed E-state index contributed by atoms with van der Waals surface area (Å²) in [6.07, 6.45) is 9.27. The lowest BCUT2D eigenvalue weighted by Gasteiger charge is -2.16. The zero-order chi connectivity index (χ0) is 22.2. The molecule has 0 saturated heterocycles. The Morgan fingerprint density at radius 1 is 1.28 bits per heavy atom. The first-order valence-electron chi connectivity index (χ1n) is 10.9. The fraction of sp³-hybridized carbons (Fsp3) is 0.348. The van der Waals surface area contributed by atoms with Crippen molar-refractivity contribution in [1.82, 2.24) is 34.5 Å². The molecule has 0 amide bonds. The zero-order valence-corrected chi connectivity index (χ0v) is 18.7. The molecule has 5 heterocycles.